The predicted octanol–water partition coefficient (Wildman–Crippen LogP) is 3.54. The zero-order valence-electron chi connectivity index (χ0n) is 13.4. The Bertz CT molecular complexity index is 675. The third-order valence-electron chi connectivity index (χ3n) is 3.79. The van der Waals surface area contributed by atoms with E-state index in [4.69, 9.17) is 9.73 Å². The summed E-state index contributed by atoms with van der Waals surface area (Å²) in [4.78, 5) is 11.2. The predicted molar refractivity (Wildman–Crippen MR) is 98.4 cm³/mol. The quantitative estimate of drug-likeness (QED) is 0.828. The van der Waals surface area contributed by atoms with Crippen LogP contribution in [0.25, 0.3) is 0 Å². The number of aliphatic imine (C=N–C) groups is 1. The minimum Gasteiger partial charge on any atom is -0.497 e. The molecule has 0 N–H and O–H groups in total. The maximum atomic E-state index is 5.35. The van der Waals surface area contributed by atoms with Crippen LogP contribution in [0.3, 0.4) is 0 Å². The Balaban J connectivity index is 0.00000132. The molecule has 0 bridgehead atoms. The maximum absolute atomic E-state index is 5.35. The Morgan fingerprint density at radius 1 is 1.17 bits per heavy atom. The highest BCUT2D eigenvalue weighted by Gasteiger charge is 2.24. The first kappa shape index (κ1) is 19.3. The Labute approximate surface area is 149 Å². The number of halogens is 2. The van der Waals surface area contributed by atoms with Crippen LogP contribution in [0.4, 0.5) is 0 Å². The van der Waals surface area contributed by atoms with E-state index >= 15 is 0 Å². The van der Waals surface area contributed by atoms with Gasteiger partial charge in [0.15, 0.2) is 0 Å². The standard InChI is InChI=1S/C17H19N3O.2ClH/c1-20(2)16-10-13-9-14(21-3)6-7-15(13)17(19-16)12-5-4-8-18-11-12;;/h4-9,11,17H,10H2,1-3H3;2*1H. The molecular weight excluding hydrogens is 333 g/mol. The van der Waals surface area contributed by atoms with Crippen LogP contribution in [0.5, 0.6) is 5.75 Å². The summed E-state index contributed by atoms with van der Waals surface area (Å²) in [5.41, 5.74) is 3.61. The van der Waals surface area contributed by atoms with Crippen molar-refractivity contribution in [1.82, 2.24) is 9.88 Å². The molecule has 0 saturated heterocycles. The van der Waals surface area contributed by atoms with Crippen molar-refractivity contribution in [2.24, 2.45) is 4.99 Å². The topological polar surface area (TPSA) is 37.7 Å². The van der Waals surface area contributed by atoms with Gasteiger partial charge in [0, 0.05) is 32.9 Å². The van der Waals surface area contributed by atoms with Crippen LogP contribution in [-0.4, -0.2) is 36.9 Å². The molecule has 4 nitrogen and oxygen atoms in total. The van der Waals surface area contributed by atoms with E-state index in [9.17, 15) is 0 Å². The smallest absolute Gasteiger partial charge is 0.119 e. The Morgan fingerprint density at radius 2 is 1.96 bits per heavy atom. The molecule has 1 aromatic heterocycles. The first-order valence-electron chi connectivity index (χ1n) is 7.00. The molecule has 0 fully saturated rings. The number of likely N-dealkylation sites (N-methyl/N-ethyl adjacent to an activating group) is 1. The summed E-state index contributed by atoms with van der Waals surface area (Å²) < 4.78 is 5.35. The molecule has 0 radical (unpaired) electrons. The van der Waals surface area contributed by atoms with Crippen molar-refractivity contribution in [1.29, 1.82) is 0 Å². The molecule has 1 aromatic carbocycles. The number of amidine groups is 1. The number of pyridine rings is 1. The molecular formula is C17H21Cl2N3O. The Morgan fingerprint density at radius 3 is 2.57 bits per heavy atom. The van der Waals surface area contributed by atoms with Crippen LogP contribution in [-0.2, 0) is 6.42 Å². The van der Waals surface area contributed by atoms with Gasteiger partial charge in [0.2, 0.25) is 0 Å². The van der Waals surface area contributed by atoms with Crippen LogP contribution in [0.1, 0.15) is 22.7 Å². The molecule has 0 aliphatic carbocycles. The summed E-state index contributed by atoms with van der Waals surface area (Å²) in [6.45, 7) is 0. The van der Waals surface area contributed by atoms with Gasteiger partial charge in [-0.25, -0.2) is 0 Å². The molecule has 0 spiro atoms. The van der Waals surface area contributed by atoms with E-state index in [1.54, 1.807) is 13.3 Å². The molecule has 2 heterocycles. The minimum atomic E-state index is 0. The third kappa shape index (κ3) is 3.95. The highest BCUT2D eigenvalue weighted by molar-refractivity contribution is 5.86. The van der Waals surface area contributed by atoms with Gasteiger partial charge >= 0.3 is 0 Å². The number of hydrogen-bond acceptors (Lipinski definition) is 4. The summed E-state index contributed by atoms with van der Waals surface area (Å²) in [5, 5.41) is 0. The van der Waals surface area contributed by atoms with Crippen molar-refractivity contribution in [3.8, 4) is 5.75 Å². The van der Waals surface area contributed by atoms with Crippen molar-refractivity contribution in [3.63, 3.8) is 0 Å². The molecule has 1 aliphatic heterocycles. The van der Waals surface area contributed by atoms with E-state index < -0.39 is 0 Å². The lowest BCUT2D eigenvalue weighted by Crippen LogP contribution is -2.28. The molecule has 1 atom stereocenters. The second kappa shape index (κ2) is 8.18. The van der Waals surface area contributed by atoms with E-state index in [-0.39, 0.29) is 30.9 Å². The van der Waals surface area contributed by atoms with E-state index in [2.05, 4.69) is 28.1 Å². The SMILES string of the molecule is COc1ccc2c(c1)CC(N(C)C)=NC2c1cccnc1.Cl.Cl. The van der Waals surface area contributed by atoms with Gasteiger partial charge in [-0.05, 0) is 34.9 Å². The number of fused-ring (bicyclic) bond motifs is 1. The second-order valence-corrected chi connectivity index (χ2v) is 5.37. The minimum absolute atomic E-state index is 0. The normalized spacial score (nSPS) is 15.4. The largest absolute Gasteiger partial charge is 0.497 e. The average Bonchev–Trinajstić information content (AvgIpc) is 2.53. The first-order valence-corrected chi connectivity index (χ1v) is 7.00. The lowest BCUT2D eigenvalue weighted by atomic mass is 9.91. The van der Waals surface area contributed by atoms with Gasteiger partial charge in [-0.3, -0.25) is 9.98 Å². The van der Waals surface area contributed by atoms with Crippen LogP contribution in [0.2, 0.25) is 0 Å². The van der Waals surface area contributed by atoms with Gasteiger partial charge in [0.05, 0.1) is 7.11 Å². The number of methoxy groups -OCH3 is 1. The number of rotatable bonds is 2. The van der Waals surface area contributed by atoms with Crippen molar-refractivity contribution < 1.29 is 4.74 Å². The maximum Gasteiger partial charge on any atom is 0.119 e. The highest BCUT2D eigenvalue weighted by Crippen LogP contribution is 2.34. The fraction of sp³-hybridized carbons (Fsp3) is 0.294. The fourth-order valence-corrected chi connectivity index (χ4v) is 2.63. The summed E-state index contributed by atoms with van der Waals surface area (Å²) in [7, 11) is 5.76. The average molecular weight is 354 g/mol. The van der Waals surface area contributed by atoms with Crippen molar-refractivity contribution in [2.75, 3.05) is 21.2 Å². The van der Waals surface area contributed by atoms with Crippen LogP contribution in [0.15, 0.2) is 47.7 Å². The van der Waals surface area contributed by atoms with Gasteiger partial charge in [-0.2, -0.15) is 0 Å². The van der Waals surface area contributed by atoms with Crippen LogP contribution < -0.4 is 4.74 Å². The lowest BCUT2D eigenvalue weighted by molar-refractivity contribution is 0.414. The molecule has 2 aromatic rings. The van der Waals surface area contributed by atoms with Crippen LogP contribution in [0, 0.1) is 0 Å². The van der Waals surface area contributed by atoms with E-state index in [0.29, 0.717) is 0 Å². The molecule has 3 rings (SSSR count). The van der Waals surface area contributed by atoms with E-state index in [1.165, 1.54) is 11.1 Å². The summed E-state index contributed by atoms with van der Waals surface area (Å²) in [5.74, 6) is 1.96. The van der Waals surface area contributed by atoms with Crippen molar-refractivity contribution >= 4 is 30.6 Å². The summed E-state index contributed by atoms with van der Waals surface area (Å²) >= 11 is 0. The van der Waals surface area contributed by atoms with E-state index in [0.717, 1.165) is 23.6 Å². The number of benzene rings is 1. The van der Waals surface area contributed by atoms with Gasteiger partial charge in [-0.15, -0.1) is 24.8 Å². The van der Waals surface area contributed by atoms with Crippen LogP contribution >= 0.6 is 24.8 Å². The van der Waals surface area contributed by atoms with Gasteiger partial charge in [0.1, 0.15) is 17.6 Å². The van der Waals surface area contributed by atoms with Crippen molar-refractivity contribution in [3.05, 3.63) is 59.4 Å². The zero-order valence-corrected chi connectivity index (χ0v) is 15.0. The van der Waals surface area contributed by atoms with Gasteiger partial charge in [-0.1, -0.05) is 12.1 Å². The lowest BCUT2D eigenvalue weighted by Gasteiger charge is -2.27. The van der Waals surface area contributed by atoms with E-state index in [1.807, 2.05) is 32.4 Å². The zero-order chi connectivity index (χ0) is 14.8. The van der Waals surface area contributed by atoms with Gasteiger partial charge in [0.25, 0.3) is 0 Å². The third-order valence-corrected chi connectivity index (χ3v) is 3.79. The molecule has 1 unspecified atom stereocenters. The van der Waals surface area contributed by atoms with Gasteiger partial charge < -0.3 is 9.64 Å². The molecule has 124 valence electrons. The highest BCUT2D eigenvalue weighted by atomic mass is 35.5. The Kier molecular flexibility index (Phi) is 6.85. The Hall–Kier alpha value is -1.78. The van der Waals surface area contributed by atoms with Crippen molar-refractivity contribution in [2.45, 2.75) is 12.5 Å². The molecule has 6 heteroatoms. The first-order chi connectivity index (χ1) is 10.2. The molecule has 0 saturated carbocycles. The number of aromatic nitrogens is 1. The second-order valence-electron chi connectivity index (χ2n) is 5.37. The summed E-state index contributed by atoms with van der Waals surface area (Å²) in [6.07, 6.45) is 4.51. The fourth-order valence-electron chi connectivity index (χ4n) is 2.63. The number of nitrogens with zero attached hydrogens (tertiary/aromatic N) is 3. The monoisotopic (exact) mass is 353 g/mol. The molecule has 23 heavy (non-hydrogen) atoms. The molecule has 0 amide bonds. The number of ether oxygens (including phenoxy) is 1. The number of hydrogen-bond donors (Lipinski definition) is 0. The molecule has 1 aliphatic rings. The summed E-state index contributed by atoms with van der Waals surface area (Å²) in [6, 6.07) is 10.3.